The van der Waals surface area contributed by atoms with Gasteiger partial charge in [0, 0.05) is 13.1 Å². The Morgan fingerprint density at radius 2 is 1.69 bits per heavy atom. The van der Waals surface area contributed by atoms with Gasteiger partial charge in [0.05, 0.1) is 0 Å². The van der Waals surface area contributed by atoms with E-state index < -0.39 is 5.67 Å². The second kappa shape index (κ2) is 3.46. The van der Waals surface area contributed by atoms with Gasteiger partial charge in [-0.1, -0.05) is 30.3 Å². The molecule has 0 saturated carbocycles. The Morgan fingerprint density at radius 3 is 2.31 bits per heavy atom. The van der Waals surface area contributed by atoms with Crippen molar-refractivity contribution in [1.29, 1.82) is 0 Å². The van der Waals surface area contributed by atoms with Crippen molar-refractivity contribution in [2.45, 2.75) is 18.5 Å². The molecule has 1 aliphatic rings. The van der Waals surface area contributed by atoms with E-state index in [2.05, 4.69) is 5.32 Å². The second-order valence-electron chi connectivity index (χ2n) is 3.50. The predicted octanol–water partition coefficient (Wildman–Crippen LogP) is 2.25. The van der Waals surface area contributed by atoms with Gasteiger partial charge in [0.25, 0.3) is 0 Å². The lowest BCUT2D eigenvalue weighted by molar-refractivity contribution is 0.114. The van der Waals surface area contributed by atoms with Crippen molar-refractivity contribution in [3.63, 3.8) is 0 Å². The third kappa shape index (κ3) is 1.73. The maximum Gasteiger partial charge on any atom is 0.138 e. The fourth-order valence-corrected chi connectivity index (χ4v) is 1.77. The van der Waals surface area contributed by atoms with Gasteiger partial charge in [-0.15, -0.1) is 0 Å². The number of nitrogens with zero attached hydrogens (tertiary/aromatic N) is 1. The van der Waals surface area contributed by atoms with Crippen LogP contribution in [0.3, 0.4) is 0 Å². The van der Waals surface area contributed by atoms with E-state index in [0.29, 0.717) is 25.9 Å². The van der Waals surface area contributed by atoms with Crippen LogP contribution in [0.2, 0.25) is 0 Å². The molecule has 0 spiro atoms. The summed E-state index contributed by atoms with van der Waals surface area (Å²) in [4.78, 5) is 0. The lowest BCUT2D eigenvalue weighted by atomic mass is 9.87. The summed E-state index contributed by atoms with van der Waals surface area (Å²) >= 11 is 0. The molecule has 1 radical (unpaired) electrons. The van der Waals surface area contributed by atoms with Gasteiger partial charge in [0.2, 0.25) is 0 Å². The number of piperidine rings is 1. The van der Waals surface area contributed by atoms with Crippen LogP contribution in [-0.4, -0.2) is 13.1 Å². The highest BCUT2D eigenvalue weighted by molar-refractivity contribution is 5.23. The summed E-state index contributed by atoms with van der Waals surface area (Å²) in [5, 5.41) is 4.16. The van der Waals surface area contributed by atoms with Gasteiger partial charge in [0.1, 0.15) is 5.67 Å². The molecule has 0 amide bonds. The number of benzene rings is 1. The van der Waals surface area contributed by atoms with Gasteiger partial charge in [0.15, 0.2) is 0 Å². The van der Waals surface area contributed by atoms with Gasteiger partial charge in [-0.3, -0.25) is 0 Å². The van der Waals surface area contributed by atoms with Crippen molar-refractivity contribution >= 4 is 0 Å². The Morgan fingerprint density at radius 1 is 1.08 bits per heavy atom. The number of alkyl halides is 1. The van der Waals surface area contributed by atoms with Gasteiger partial charge in [-0.2, -0.15) is 0 Å². The summed E-state index contributed by atoms with van der Waals surface area (Å²) in [6, 6.07) is 9.43. The molecule has 1 aromatic rings. The molecule has 0 N–H and O–H groups in total. The quantitative estimate of drug-likeness (QED) is 0.626. The van der Waals surface area contributed by atoms with E-state index in [1.807, 2.05) is 30.3 Å². The topological polar surface area (TPSA) is 14.1 Å². The molecule has 1 saturated heterocycles. The van der Waals surface area contributed by atoms with Crippen molar-refractivity contribution in [1.82, 2.24) is 5.32 Å². The van der Waals surface area contributed by atoms with Crippen molar-refractivity contribution in [2.24, 2.45) is 0 Å². The zero-order chi connectivity index (χ0) is 9.15. The Kier molecular flexibility index (Phi) is 2.32. The molecule has 1 fully saturated rings. The van der Waals surface area contributed by atoms with Crippen molar-refractivity contribution < 1.29 is 4.39 Å². The molecular formula is C11H13FN. The Balaban J connectivity index is 2.23. The highest BCUT2D eigenvalue weighted by Gasteiger charge is 2.33. The Hall–Kier alpha value is -0.890. The largest absolute Gasteiger partial charge is 0.242 e. The van der Waals surface area contributed by atoms with Crippen LogP contribution in [-0.2, 0) is 5.67 Å². The fraction of sp³-hybridized carbons (Fsp3) is 0.455. The van der Waals surface area contributed by atoms with Crippen LogP contribution in [0.4, 0.5) is 4.39 Å². The first-order chi connectivity index (χ1) is 6.31. The van der Waals surface area contributed by atoms with E-state index in [0.717, 1.165) is 5.56 Å². The van der Waals surface area contributed by atoms with Crippen LogP contribution in [0.5, 0.6) is 0 Å². The Labute approximate surface area is 78.0 Å². The molecular weight excluding hydrogens is 165 g/mol. The van der Waals surface area contributed by atoms with Crippen LogP contribution in [0.1, 0.15) is 18.4 Å². The fourth-order valence-electron chi connectivity index (χ4n) is 1.77. The van der Waals surface area contributed by atoms with Crippen molar-refractivity contribution in [2.75, 3.05) is 13.1 Å². The summed E-state index contributed by atoms with van der Waals surface area (Å²) in [5.74, 6) is 0. The SMILES string of the molecule is FC1(c2ccccc2)CC[N]CC1. The number of hydrogen-bond donors (Lipinski definition) is 0. The minimum atomic E-state index is -1.12. The van der Waals surface area contributed by atoms with E-state index in [9.17, 15) is 4.39 Å². The predicted molar refractivity (Wildman–Crippen MR) is 50.3 cm³/mol. The highest BCUT2D eigenvalue weighted by atomic mass is 19.1. The molecule has 0 unspecified atom stereocenters. The molecule has 1 nitrogen and oxygen atoms in total. The molecule has 1 heterocycles. The van der Waals surface area contributed by atoms with Gasteiger partial charge in [-0.05, 0) is 18.4 Å². The number of rotatable bonds is 1. The molecule has 69 valence electrons. The molecule has 2 heteroatoms. The molecule has 0 aliphatic carbocycles. The van der Waals surface area contributed by atoms with Crippen molar-refractivity contribution in [3.05, 3.63) is 35.9 Å². The smallest absolute Gasteiger partial charge is 0.138 e. The van der Waals surface area contributed by atoms with Crippen molar-refractivity contribution in [3.8, 4) is 0 Å². The molecule has 0 aromatic heterocycles. The summed E-state index contributed by atoms with van der Waals surface area (Å²) in [7, 11) is 0. The third-order valence-electron chi connectivity index (χ3n) is 2.62. The molecule has 1 aromatic carbocycles. The minimum Gasteiger partial charge on any atom is -0.242 e. The number of hydrogen-bond acceptors (Lipinski definition) is 0. The molecule has 1 aliphatic heterocycles. The normalized spacial score (nSPS) is 21.3. The first kappa shape index (κ1) is 8.70. The Bertz CT molecular complexity index is 265. The first-order valence-corrected chi connectivity index (χ1v) is 4.69. The summed E-state index contributed by atoms with van der Waals surface area (Å²) in [6.07, 6.45) is 1.08. The zero-order valence-electron chi connectivity index (χ0n) is 7.54. The van der Waals surface area contributed by atoms with Gasteiger partial charge >= 0.3 is 0 Å². The van der Waals surface area contributed by atoms with Crippen LogP contribution in [0.15, 0.2) is 30.3 Å². The molecule has 2 rings (SSSR count). The van der Waals surface area contributed by atoms with E-state index >= 15 is 0 Å². The standard InChI is InChI=1S/C11H13FN/c12-11(6-8-13-9-7-11)10-4-2-1-3-5-10/h1-5H,6-9H2. The number of halogens is 1. The summed E-state index contributed by atoms with van der Waals surface area (Å²) in [5.41, 5.74) is -0.312. The molecule has 0 atom stereocenters. The maximum atomic E-state index is 14.2. The van der Waals surface area contributed by atoms with Crippen LogP contribution in [0.25, 0.3) is 0 Å². The van der Waals surface area contributed by atoms with E-state index in [4.69, 9.17) is 0 Å². The first-order valence-electron chi connectivity index (χ1n) is 4.69. The van der Waals surface area contributed by atoms with Crippen LogP contribution in [0, 0.1) is 0 Å². The third-order valence-corrected chi connectivity index (χ3v) is 2.62. The van der Waals surface area contributed by atoms with E-state index in [-0.39, 0.29) is 0 Å². The van der Waals surface area contributed by atoms with Crippen LogP contribution >= 0.6 is 0 Å². The second-order valence-corrected chi connectivity index (χ2v) is 3.50. The lowest BCUT2D eigenvalue weighted by Crippen LogP contribution is -2.33. The average Bonchev–Trinajstić information content (AvgIpc) is 2.20. The monoisotopic (exact) mass is 178 g/mol. The van der Waals surface area contributed by atoms with Gasteiger partial charge < -0.3 is 0 Å². The average molecular weight is 178 g/mol. The lowest BCUT2D eigenvalue weighted by Gasteiger charge is -2.29. The zero-order valence-corrected chi connectivity index (χ0v) is 7.54. The molecule has 0 bridgehead atoms. The molecule has 13 heavy (non-hydrogen) atoms. The summed E-state index contributed by atoms with van der Waals surface area (Å²) < 4.78 is 14.2. The van der Waals surface area contributed by atoms with E-state index in [1.54, 1.807) is 0 Å². The summed E-state index contributed by atoms with van der Waals surface area (Å²) in [6.45, 7) is 1.32. The van der Waals surface area contributed by atoms with E-state index in [1.165, 1.54) is 0 Å². The highest BCUT2D eigenvalue weighted by Crippen LogP contribution is 2.34. The van der Waals surface area contributed by atoms with Gasteiger partial charge in [-0.25, -0.2) is 9.71 Å². The maximum absolute atomic E-state index is 14.2. The minimum absolute atomic E-state index is 0.539. The van der Waals surface area contributed by atoms with Crippen LogP contribution < -0.4 is 5.32 Å².